The van der Waals surface area contributed by atoms with Crippen LogP contribution in [0.15, 0.2) is 43.6 Å². The Hall–Kier alpha value is -2.96. The predicted octanol–water partition coefficient (Wildman–Crippen LogP) is 2.98. The molecule has 2 aliphatic rings. The Kier molecular flexibility index (Phi) is 3.53. The van der Waals surface area contributed by atoms with Gasteiger partial charge in [-0.15, -0.1) is 0 Å². The van der Waals surface area contributed by atoms with Crippen molar-refractivity contribution in [3.8, 4) is 11.3 Å². The Balaban J connectivity index is 1.44. The summed E-state index contributed by atoms with van der Waals surface area (Å²) in [5.41, 5.74) is 2.78. The average molecular weight is 376 g/mol. The first-order chi connectivity index (χ1) is 13.4. The van der Waals surface area contributed by atoms with Crippen molar-refractivity contribution in [3.05, 3.63) is 43.6 Å². The van der Waals surface area contributed by atoms with Gasteiger partial charge in [0.05, 0.1) is 17.4 Å². The van der Waals surface area contributed by atoms with Crippen LogP contribution in [0.1, 0.15) is 26.7 Å². The fourth-order valence-corrected chi connectivity index (χ4v) is 5.41. The maximum Gasteiger partial charge on any atom is 0.245 e. The van der Waals surface area contributed by atoms with Crippen LogP contribution in [0, 0.1) is 11.3 Å². The van der Waals surface area contributed by atoms with Crippen LogP contribution in [-0.2, 0) is 10.3 Å². The molecule has 4 heterocycles. The Morgan fingerprint density at radius 3 is 3.04 bits per heavy atom. The largest absolute Gasteiger partial charge is 0.346 e. The molecule has 28 heavy (non-hydrogen) atoms. The van der Waals surface area contributed by atoms with Crippen LogP contribution in [0.4, 0.5) is 0 Å². The number of aromatic nitrogens is 5. The standard InChI is InChI=1S/C21H24N6O/c1-4-17(28)26-10-15-7-21(3,11-20(15,2)12-26)27-9-14(8-25-27)18-16-5-6-22-19(16)24-13-23-18/h4-6,8-9,13,15H,1,7,10-12H2,2-3H3,(H,22,23,24)/t15-,20+,21+/m1/s1. The Morgan fingerprint density at radius 2 is 2.25 bits per heavy atom. The number of amides is 1. The lowest BCUT2D eigenvalue weighted by Gasteiger charge is -2.30. The van der Waals surface area contributed by atoms with E-state index in [4.69, 9.17) is 5.10 Å². The van der Waals surface area contributed by atoms with Gasteiger partial charge in [0.25, 0.3) is 0 Å². The number of hydrogen-bond donors (Lipinski definition) is 1. The van der Waals surface area contributed by atoms with Crippen LogP contribution >= 0.6 is 0 Å². The summed E-state index contributed by atoms with van der Waals surface area (Å²) >= 11 is 0. The molecular formula is C21H24N6O. The van der Waals surface area contributed by atoms with E-state index in [1.165, 1.54) is 6.08 Å². The lowest BCUT2D eigenvalue weighted by Crippen LogP contribution is -2.35. The fourth-order valence-electron chi connectivity index (χ4n) is 5.41. The molecule has 0 aromatic carbocycles. The molecule has 3 aromatic heterocycles. The molecule has 7 heteroatoms. The summed E-state index contributed by atoms with van der Waals surface area (Å²) in [6.45, 7) is 9.81. The molecule has 2 fully saturated rings. The zero-order valence-corrected chi connectivity index (χ0v) is 16.2. The van der Waals surface area contributed by atoms with E-state index in [2.05, 4.69) is 46.3 Å². The molecule has 0 unspecified atom stereocenters. The van der Waals surface area contributed by atoms with E-state index in [0.717, 1.165) is 48.2 Å². The molecule has 144 valence electrons. The smallest absolute Gasteiger partial charge is 0.245 e. The minimum atomic E-state index is -0.0642. The number of H-pyrrole nitrogens is 1. The van der Waals surface area contributed by atoms with E-state index in [1.807, 2.05) is 23.4 Å². The quantitative estimate of drug-likeness (QED) is 0.713. The maximum absolute atomic E-state index is 12.0. The van der Waals surface area contributed by atoms with Gasteiger partial charge in [0.2, 0.25) is 5.91 Å². The molecule has 3 atom stereocenters. The van der Waals surface area contributed by atoms with Crippen molar-refractivity contribution in [2.45, 2.75) is 32.2 Å². The van der Waals surface area contributed by atoms with Crippen molar-refractivity contribution in [1.82, 2.24) is 29.6 Å². The Bertz CT molecular complexity index is 1080. The molecule has 7 nitrogen and oxygen atoms in total. The minimum absolute atomic E-state index is 0.0398. The van der Waals surface area contributed by atoms with E-state index < -0.39 is 0 Å². The molecule has 1 aliphatic carbocycles. The van der Waals surface area contributed by atoms with E-state index in [1.54, 1.807) is 6.33 Å². The maximum atomic E-state index is 12.0. The first kappa shape index (κ1) is 17.2. The van der Waals surface area contributed by atoms with Crippen LogP contribution in [0.3, 0.4) is 0 Å². The third kappa shape index (κ3) is 2.42. The third-order valence-corrected chi connectivity index (χ3v) is 6.70. The van der Waals surface area contributed by atoms with E-state index in [-0.39, 0.29) is 16.9 Å². The molecule has 1 saturated heterocycles. The van der Waals surface area contributed by atoms with Crippen LogP contribution in [-0.4, -0.2) is 48.6 Å². The second-order valence-electron chi connectivity index (χ2n) is 8.79. The number of fused-ring (bicyclic) bond motifs is 2. The first-order valence-corrected chi connectivity index (χ1v) is 9.67. The van der Waals surface area contributed by atoms with Crippen LogP contribution in [0.2, 0.25) is 0 Å². The highest BCUT2D eigenvalue weighted by Crippen LogP contribution is 2.55. The highest BCUT2D eigenvalue weighted by molar-refractivity contribution is 5.90. The van der Waals surface area contributed by atoms with E-state index in [0.29, 0.717) is 5.92 Å². The normalized spacial score (nSPS) is 29.4. The monoisotopic (exact) mass is 376 g/mol. The fraction of sp³-hybridized carbons (Fsp3) is 0.429. The molecule has 0 bridgehead atoms. The van der Waals surface area contributed by atoms with E-state index >= 15 is 0 Å². The molecule has 0 spiro atoms. The van der Waals surface area contributed by atoms with Crippen molar-refractivity contribution < 1.29 is 4.79 Å². The summed E-state index contributed by atoms with van der Waals surface area (Å²) < 4.78 is 2.10. The number of aromatic amines is 1. The molecular weight excluding hydrogens is 352 g/mol. The lowest BCUT2D eigenvalue weighted by atomic mass is 9.82. The second-order valence-corrected chi connectivity index (χ2v) is 8.79. The summed E-state index contributed by atoms with van der Waals surface area (Å²) in [6, 6.07) is 2.00. The average Bonchev–Trinajstić information content (AvgIpc) is 3.42. The Morgan fingerprint density at radius 1 is 1.39 bits per heavy atom. The van der Waals surface area contributed by atoms with Gasteiger partial charge in [0.15, 0.2) is 0 Å². The summed E-state index contributed by atoms with van der Waals surface area (Å²) in [5, 5.41) is 5.72. The summed E-state index contributed by atoms with van der Waals surface area (Å²) in [7, 11) is 0. The molecule has 3 aromatic rings. The van der Waals surface area contributed by atoms with Gasteiger partial charge in [-0.05, 0) is 43.2 Å². The van der Waals surface area contributed by atoms with Gasteiger partial charge in [-0.3, -0.25) is 9.48 Å². The van der Waals surface area contributed by atoms with Crippen molar-refractivity contribution in [3.63, 3.8) is 0 Å². The van der Waals surface area contributed by atoms with Gasteiger partial charge in [0, 0.05) is 36.4 Å². The summed E-state index contributed by atoms with van der Waals surface area (Å²) in [4.78, 5) is 25.9. The highest BCUT2D eigenvalue weighted by atomic mass is 16.2. The van der Waals surface area contributed by atoms with Crippen LogP contribution in [0.25, 0.3) is 22.3 Å². The number of likely N-dealkylation sites (tertiary alicyclic amines) is 1. The number of hydrogen-bond acceptors (Lipinski definition) is 4. The molecule has 1 saturated carbocycles. The second kappa shape index (κ2) is 5.77. The first-order valence-electron chi connectivity index (χ1n) is 9.67. The van der Waals surface area contributed by atoms with Gasteiger partial charge in [-0.1, -0.05) is 13.5 Å². The number of carbonyl (C=O) groups is 1. The van der Waals surface area contributed by atoms with Gasteiger partial charge in [0.1, 0.15) is 12.0 Å². The van der Waals surface area contributed by atoms with Gasteiger partial charge in [-0.25, -0.2) is 9.97 Å². The van der Waals surface area contributed by atoms with Crippen LogP contribution in [0.5, 0.6) is 0 Å². The molecule has 0 radical (unpaired) electrons. The summed E-state index contributed by atoms with van der Waals surface area (Å²) in [5.74, 6) is 0.516. The topological polar surface area (TPSA) is 79.7 Å². The van der Waals surface area contributed by atoms with E-state index in [9.17, 15) is 4.79 Å². The minimum Gasteiger partial charge on any atom is -0.346 e. The van der Waals surface area contributed by atoms with Crippen molar-refractivity contribution in [2.75, 3.05) is 13.1 Å². The van der Waals surface area contributed by atoms with Crippen LogP contribution < -0.4 is 0 Å². The predicted molar refractivity (Wildman–Crippen MR) is 106 cm³/mol. The number of rotatable bonds is 3. The lowest BCUT2D eigenvalue weighted by molar-refractivity contribution is -0.125. The molecule has 1 aliphatic heterocycles. The van der Waals surface area contributed by atoms with Gasteiger partial charge in [-0.2, -0.15) is 5.10 Å². The van der Waals surface area contributed by atoms with Gasteiger partial charge >= 0.3 is 0 Å². The third-order valence-electron chi connectivity index (χ3n) is 6.70. The van der Waals surface area contributed by atoms with Crippen molar-refractivity contribution in [1.29, 1.82) is 0 Å². The zero-order valence-electron chi connectivity index (χ0n) is 16.2. The number of carbonyl (C=O) groups excluding carboxylic acids is 1. The molecule has 5 rings (SSSR count). The summed E-state index contributed by atoms with van der Waals surface area (Å²) in [6.07, 6.45) is 10.9. The van der Waals surface area contributed by atoms with Gasteiger partial charge < -0.3 is 9.88 Å². The highest BCUT2D eigenvalue weighted by Gasteiger charge is 2.55. The molecule has 1 N–H and O–H groups in total. The number of nitrogens with zero attached hydrogens (tertiary/aromatic N) is 5. The van der Waals surface area contributed by atoms with Crippen molar-refractivity contribution in [2.24, 2.45) is 11.3 Å². The number of nitrogens with one attached hydrogen (secondary N) is 1. The van der Waals surface area contributed by atoms with Crippen molar-refractivity contribution >= 4 is 16.9 Å². The molecule has 1 amide bonds. The zero-order chi connectivity index (χ0) is 19.5. The Labute approximate surface area is 163 Å². The SMILES string of the molecule is C=CC(=O)N1C[C@H]2C[C@](C)(n3cc(-c4ncnc5[nH]ccc45)cn3)C[C@@]2(C)C1.